The summed E-state index contributed by atoms with van der Waals surface area (Å²) in [6.07, 6.45) is 2.53. The van der Waals surface area contributed by atoms with Gasteiger partial charge in [0, 0.05) is 5.56 Å². The third-order valence-corrected chi connectivity index (χ3v) is 3.21. The van der Waals surface area contributed by atoms with Gasteiger partial charge in [0.1, 0.15) is 17.0 Å². The van der Waals surface area contributed by atoms with Gasteiger partial charge in [0.05, 0.1) is 6.20 Å². The second-order valence-corrected chi connectivity index (χ2v) is 4.43. The molecule has 5 heteroatoms. The molecule has 0 amide bonds. The predicted molar refractivity (Wildman–Crippen MR) is 60.4 cm³/mol. The molecule has 92 valence electrons. The third-order valence-electron chi connectivity index (χ3n) is 3.21. The molecule has 3 rings (SSSR count). The molecule has 0 spiro atoms. The van der Waals surface area contributed by atoms with Crippen molar-refractivity contribution in [1.29, 1.82) is 0 Å². The molecule has 4 nitrogen and oxygen atoms in total. The minimum atomic E-state index is -0.918. The van der Waals surface area contributed by atoms with E-state index in [0.29, 0.717) is 24.2 Å². The summed E-state index contributed by atoms with van der Waals surface area (Å²) >= 11 is 0. The van der Waals surface area contributed by atoms with Gasteiger partial charge in [-0.2, -0.15) is 0 Å². The van der Waals surface area contributed by atoms with Crippen molar-refractivity contribution in [2.75, 3.05) is 0 Å². The normalized spacial score (nSPS) is 16.5. The monoisotopic (exact) mass is 247 g/mol. The van der Waals surface area contributed by atoms with Crippen molar-refractivity contribution in [3.05, 3.63) is 42.0 Å². The largest absolute Gasteiger partial charge is 0.480 e. The summed E-state index contributed by atoms with van der Waals surface area (Å²) in [5, 5.41) is 9.13. The van der Waals surface area contributed by atoms with Gasteiger partial charge >= 0.3 is 5.97 Å². The summed E-state index contributed by atoms with van der Waals surface area (Å²) < 4.78 is 18.5. The van der Waals surface area contributed by atoms with Crippen molar-refractivity contribution in [2.45, 2.75) is 18.3 Å². The Labute approximate surface area is 102 Å². The highest BCUT2D eigenvalue weighted by Crippen LogP contribution is 2.49. The fourth-order valence-electron chi connectivity index (χ4n) is 1.94. The third kappa shape index (κ3) is 1.59. The Morgan fingerprint density at radius 3 is 2.83 bits per heavy atom. The summed E-state index contributed by atoms with van der Waals surface area (Å²) in [5.41, 5.74) is -0.416. The quantitative estimate of drug-likeness (QED) is 0.905. The minimum absolute atomic E-state index is 0.247. The average Bonchev–Trinajstić information content (AvgIpc) is 3.01. The number of aromatic nitrogens is 1. The summed E-state index contributed by atoms with van der Waals surface area (Å²) in [4.78, 5) is 15.2. The molecule has 1 N–H and O–H groups in total. The van der Waals surface area contributed by atoms with Crippen LogP contribution in [0.3, 0.4) is 0 Å². The van der Waals surface area contributed by atoms with E-state index in [1.807, 2.05) is 0 Å². The smallest absolute Gasteiger partial charge is 0.317 e. The van der Waals surface area contributed by atoms with Crippen LogP contribution in [-0.2, 0) is 10.2 Å². The van der Waals surface area contributed by atoms with Crippen LogP contribution in [0, 0.1) is 5.82 Å². The van der Waals surface area contributed by atoms with Crippen LogP contribution in [0.4, 0.5) is 4.39 Å². The predicted octanol–water partition coefficient (Wildman–Crippen LogP) is 2.60. The molecule has 0 unspecified atom stereocenters. The number of oxazole rings is 1. The van der Waals surface area contributed by atoms with Crippen molar-refractivity contribution >= 4 is 5.97 Å². The van der Waals surface area contributed by atoms with E-state index in [9.17, 15) is 9.18 Å². The number of aliphatic carboxylic acids is 1. The number of benzene rings is 1. The molecule has 1 saturated carbocycles. The first kappa shape index (κ1) is 11.0. The SMILES string of the molecule is O=C(O)C1(c2cnc(-c3cccc(F)c3)o2)CC1. The van der Waals surface area contributed by atoms with E-state index in [0.717, 1.165) is 0 Å². The highest BCUT2D eigenvalue weighted by molar-refractivity contribution is 5.84. The van der Waals surface area contributed by atoms with E-state index in [1.165, 1.54) is 18.3 Å². The zero-order valence-electron chi connectivity index (χ0n) is 9.39. The zero-order chi connectivity index (χ0) is 12.8. The molecule has 1 heterocycles. The first-order valence-electron chi connectivity index (χ1n) is 5.57. The molecule has 0 saturated heterocycles. The average molecular weight is 247 g/mol. The topological polar surface area (TPSA) is 63.3 Å². The van der Waals surface area contributed by atoms with E-state index < -0.39 is 11.4 Å². The Morgan fingerprint density at radius 1 is 1.44 bits per heavy atom. The molecule has 1 aliphatic carbocycles. The second-order valence-electron chi connectivity index (χ2n) is 4.43. The number of rotatable bonds is 3. The maximum Gasteiger partial charge on any atom is 0.317 e. The lowest BCUT2D eigenvalue weighted by atomic mass is 10.1. The van der Waals surface area contributed by atoms with Gasteiger partial charge in [0.25, 0.3) is 0 Å². The lowest BCUT2D eigenvalue weighted by Gasteiger charge is -2.03. The first-order valence-corrected chi connectivity index (χ1v) is 5.57. The maximum atomic E-state index is 13.1. The Morgan fingerprint density at radius 2 is 2.22 bits per heavy atom. The van der Waals surface area contributed by atoms with Crippen LogP contribution in [0.25, 0.3) is 11.5 Å². The number of carbonyl (C=O) groups is 1. The maximum absolute atomic E-state index is 13.1. The Kier molecular flexibility index (Phi) is 2.23. The van der Waals surface area contributed by atoms with Crippen LogP contribution < -0.4 is 0 Å². The minimum Gasteiger partial charge on any atom is -0.480 e. The molecular formula is C13H10FNO3. The van der Waals surface area contributed by atoms with E-state index in [-0.39, 0.29) is 11.7 Å². The van der Waals surface area contributed by atoms with Gasteiger partial charge in [0.15, 0.2) is 0 Å². The van der Waals surface area contributed by atoms with Gasteiger partial charge < -0.3 is 9.52 Å². The Bertz CT molecular complexity index is 616. The molecule has 0 radical (unpaired) electrons. The zero-order valence-corrected chi connectivity index (χ0v) is 9.39. The number of hydrogen-bond acceptors (Lipinski definition) is 3. The van der Waals surface area contributed by atoms with Crippen LogP contribution in [0.2, 0.25) is 0 Å². The van der Waals surface area contributed by atoms with Gasteiger partial charge in [-0.15, -0.1) is 0 Å². The lowest BCUT2D eigenvalue weighted by molar-refractivity contribution is -0.140. The second kappa shape index (κ2) is 3.66. The molecule has 2 aromatic rings. The van der Waals surface area contributed by atoms with Crippen molar-refractivity contribution in [3.8, 4) is 11.5 Å². The fraction of sp³-hybridized carbons (Fsp3) is 0.231. The number of hydrogen-bond donors (Lipinski definition) is 1. The molecule has 0 bridgehead atoms. The summed E-state index contributed by atoms with van der Waals surface area (Å²) in [5.74, 6) is -0.692. The molecule has 1 aromatic heterocycles. The number of carboxylic acid groups (broad SMARTS) is 1. The first-order chi connectivity index (χ1) is 8.62. The van der Waals surface area contributed by atoms with Crippen LogP contribution in [-0.4, -0.2) is 16.1 Å². The van der Waals surface area contributed by atoms with Crippen molar-refractivity contribution in [3.63, 3.8) is 0 Å². The van der Waals surface area contributed by atoms with Crippen LogP contribution >= 0.6 is 0 Å². The van der Waals surface area contributed by atoms with Crippen LogP contribution in [0.15, 0.2) is 34.9 Å². The molecule has 1 aromatic carbocycles. The van der Waals surface area contributed by atoms with Crippen molar-refractivity contribution in [2.24, 2.45) is 0 Å². The molecule has 0 atom stereocenters. The van der Waals surface area contributed by atoms with Crippen molar-refractivity contribution < 1.29 is 18.7 Å². The summed E-state index contributed by atoms with van der Waals surface area (Å²) in [6.45, 7) is 0. The van der Waals surface area contributed by atoms with Gasteiger partial charge in [-0.05, 0) is 31.0 Å². The summed E-state index contributed by atoms with van der Waals surface area (Å²) in [6, 6.07) is 5.85. The number of nitrogens with zero attached hydrogens (tertiary/aromatic N) is 1. The molecule has 0 aliphatic heterocycles. The molecule has 18 heavy (non-hydrogen) atoms. The standard InChI is InChI=1S/C13H10FNO3/c14-9-3-1-2-8(6-9)11-15-7-10(18-11)13(4-5-13)12(16)17/h1-3,6-7H,4-5H2,(H,16,17). The number of halogens is 1. The van der Waals surface area contributed by atoms with E-state index in [4.69, 9.17) is 9.52 Å². The van der Waals surface area contributed by atoms with E-state index >= 15 is 0 Å². The molecule has 1 aliphatic rings. The fourth-order valence-corrected chi connectivity index (χ4v) is 1.94. The Hall–Kier alpha value is -2.17. The highest BCUT2D eigenvalue weighted by atomic mass is 19.1. The molecular weight excluding hydrogens is 237 g/mol. The molecule has 1 fully saturated rings. The van der Waals surface area contributed by atoms with Crippen LogP contribution in [0.5, 0.6) is 0 Å². The summed E-state index contributed by atoms with van der Waals surface area (Å²) in [7, 11) is 0. The highest BCUT2D eigenvalue weighted by Gasteiger charge is 2.55. The Balaban J connectivity index is 1.98. The number of carboxylic acids is 1. The lowest BCUT2D eigenvalue weighted by Crippen LogP contribution is -2.18. The van der Waals surface area contributed by atoms with Gasteiger partial charge in [-0.1, -0.05) is 6.07 Å². The van der Waals surface area contributed by atoms with Gasteiger partial charge in [0.2, 0.25) is 5.89 Å². The van der Waals surface area contributed by atoms with Gasteiger partial charge in [-0.25, -0.2) is 9.37 Å². The van der Waals surface area contributed by atoms with Crippen molar-refractivity contribution in [1.82, 2.24) is 4.98 Å². The van der Waals surface area contributed by atoms with E-state index in [1.54, 1.807) is 12.1 Å². The van der Waals surface area contributed by atoms with Crippen LogP contribution in [0.1, 0.15) is 18.6 Å². The van der Waals surface area contributed by atoms with E-state index in [2.05, 4.69) is 4.98 Å². The van der Waals surface area contributed by atoms with Gasteiger partial charge in [-0.3, -0.25) is 4.79 Å².